The summed E-state index contributed by atoms with van der Waals surface area (Å²) >= 11 is 1.46. The van der Waals surface area contributed by atoms with Gasteiger partial charge in [0.05, 0.1) is 7.11 Å². The van der Waals surface area contributed by atoms with Crippen molar-refractivity contribution in [2.45, 2.75) is 12.5 Å². The molecule has 7 nitrogen and oxygen atoms in total. The summed E-state index contributed by atoms with van der Waals surface area (Å²) in [5.74, 6) is 1.06. The van der Waals surface area contributed by atoms with E-state index < -0.39 is 6.04 Å². The van der Waals surface area contributed by atoms with Gasteiger partial charge in [-0.3, -0.25) is 9.59 Å². The van der Waals surface area contributed by atoms with Crippen molar-refractivity contribution in [2.24, 2.45) is 7.05 Å². The highest BCUT2D eigenvalue weighted by Crippen LogP contribution is 2.24. The van der Waals surface area contributed by atoms with Crippen LogP contribution in [-0.2, 0) is 11.8 Å². The third kappa shape index (κ3) is 4.77. The first-order valence-corrected chi connectivity index (χ1v) is 9.73. The van der Waals surface area contributed by atoms with E-state index in [1.165, 1.54) is 11.3 Å². The number of benzene rings is 1. The second-order valence-electron chi connectivity index (χ2n) is 6.19. The summed E-state index contributed by atoms with van der Waals surface area (Å²) in [6.07, 6.45) is 3.69. The van der Waals surface area contributed by atoms with Crippen LogP contribution in [0, 0.1) is 0 Å². The van der Waals surface area contributed by atoms with Gasteiger partial charge in [-0.15, -0.1) is 0 Å². The average Bonchev–Trinajstić information content (AvgIpc) is 3.38. The Morgan fingerprint density at radius 2 is 2.18 bits per heavy atom. The van der Waals surface area contributed by atoms with Crippen molar-refractivity contribution in [1.29, 1.82) is 0 Å². The second kappa shape index (κ2) is 9.18. The highest BCUT2D eigenvalue weighted by Gasteiger charge is 2.21. The zero-order valence-electron chi connectivity index (χ0n) is 15.7. The van der Waals surface area contributed by atoms with Gasteiger partial charge in [-0.1, -0.05) is 12.1 Å². The monoisotopic (exact) mass is 398 g/mol. The van der Waals surface area contributed by atoms with E-state index in [2.05, 4.69) is 15.6 Å². The number of rotatable bonds is 8. The number of amides is 2. The van der Waals surface area contributed by atoms with E-state index in [0.29, 0.717) is 17.1 Å². The molecule has 0 radical (unpaired) electrons. The second-order valence-corrected chi connectivity index (χ2v) is 6.97. The maximum absolute atomic E-state index is 12.5. The van der Waals surface area contributed by atoms with Crippen molar-refractivity contribution in [1.82, 2.24) is 20.2 Å². The molecule has 0 saturated carbocycles. The molecule has 0 bridgehead atoms. The molecule has 1 unspecified atom stereocenters. The van der Waals surface area contributed by atoms with Gasteiger partial charge in [0.1, 0.15) is 17.6 Å². The van der Waals surface area contributed by atoms with Gasteiger partial charge in [0.25, 0.3) is 5.91 Å². The zero-order chi connectivity index (χ0) is 19.9. The number of hydrogen-bond acceptors (Lipinski definition) is 5. The Hall–Kier alpha value is -3.13. The molecule has 3 rings (SSSR count). The van der Waals surface area contributed by atoms with E-state index in [0.717, 1.165) is 5.56 Å². The number of carbonyl (C=O) groups is 2. The minimum Gasteiger partial charge on any atom is -0.497 e. The van der Waals surface area contributed by atoms with Gasteiger partial charge in [0.2, 0.25) is 5.91 Å². The maximum atomic E-state index is 12.5. The summed E-state index contributed by atoms with van der Waals surface area (Å²) in [7, 11) is 3.48. The van der Waals surface area contributed by atoms with Crippen LogP contribution in [0.5, 0.6) is 5.75 Å². The van der Waals surface area contributed by atoms with Crippen LogP contribution in [0.25, 0.3) is 0 Å². The molecule has 0 saturated heterocycles. The lowest BCUT2D eigenvalue weighted by Crippen LogP contribution is -2.34. The molecular formula is C20H22N4O3S. The number of aryl methyl sites for hydroxylation is 1. The minimum absolute atomic E-state index is 0.167. The van der Waals surface area contributed by atoms with E-state index in [1.807, 2.05) is 47.5 Å². The number of thiophene rings is 1. The quantitative estimate of drug-likeness (QED) is 0.611. The van der Waals surface area contributed by atoms with Crippen LogP contribution in [0.1, 0.15) is 34.2 Å². The summed E-state index contributed by atoms with van der Waals surface area (Å²) in [5, 5.41) is 9.38. The first kappa shape index (κ1) is 19.6. The Balaban J connectivity index is 1.66. The molecule has 0 spiro atoms. The van der Waals surface area contributed by atoms with Crippen molar-refractivity contribution >= 4 is 23.2 Å². The Kier molecular flexibility index (Phi) is 6.44. The zero-order valence-corrected chi connectivity index (χ0v) is 16.5. The first-order valence-electron chi connectivity index (χ1n) is 8.79. The fourth-order valence-corrected chi connectivity index (χ4v) is 3.43. The molecule has 1 atom stereocenters. The van der Waals surface area contributed by atoms with Gasteiger partial charge in [0, 0.05) is 43.4 Å². The van der Waals surface area contributed by atoms with Gasteiger partial charge in [-0.2, -0.15) is 11.3 Å². The van der Waals surface area contributed by atoms with Crippen LogP contribution < -0.4 is 15.4 Å². The van der Waals surface area contributed by atoms with Crippen molar-refractivity contribution in [2.75, 3.05) is 13.7 Å². The maximum Gasteiger partial charge on any atom is 0.252 e. The fourth-order valence-electron chi connectivity index (χ4n) is 2.79. The van der Waals surface area contributed by atoms with Gasteiger partial charge in [-0.05, 0) is 29.1 Å². The van der Waals surface area contributed by atoms with Crippen LogP contribution in [0.2, 0.25) is 0 Å². The molecule has 0 aliphatic carbocycles. The molecule has 2 amide bonds. The van der Waals surface area contributed by atoms with E-state index in [4.69, 9.17) is 4.74 Å². The van der Waals surface area contributed by atoms with Gasteiger partial charge in [0.15, 0.2) is 0 Å². The summed E-state index contributed by atoms with van der Waals surface area (Å²) in [6, 6.07) is 8.84. The van der Waals surface area contributed by atoms with E-state index >= 15 is 0 Å². The topological polar surface area (TPSA) is 85.2 Å². The third-order valence-corrected chi connectivity index (χ3v) is 4.95. The number of imidazole rings is 1. The molecule has 146 valence electrons. The smallest absolute Gasteiger partial charge is 0.252 e. The van der Waals surface area contributed by atoms with Gasteiger partial charge < -0.3 is 19.9 Å². The van der Waals surface area contributed by atoms with Crippen molar-refractivity contribution in [3.05, 3.63) is 70.4 Å². The van der Waals surface area contributed by atoms with Crippen molar-refractivity contribution < 1.29 is 14.3 Å². The predicted octanol–water partition coefficient (Wildman–Crippen LogP) is 2.52. The summed E-state index contributed by atoms with van der Waals surface area (Å²) in [6.45, 7) is 0.256. The molecule has 3 aromatic rings. The molecular weight excluding hydrogens is 376 g/mol. The molecule has 2 heterocycles. The molecule has 0 fully saturated rings. The molecule has 2 aromatic heterocycles. The van der Waals surface area contributed by atoms with E-state index in [-0.39, 0.29) is 24.8 Å². The number of nitrogens with zero attached hydrogens (tertiary/aromatic N) is 2. The Labute approximate surface area is 167 Å². The molecule has 2 N–H and O–H groups in total. The minimum atomic E-state index is -0.421. The Morgan fingerprint density at radius 1 is 1.32 bits per heavy atom. The highest BCUT2D eigenvalue weighted by molar-refractivity contribution is 7.08. The molecule has 0 aliphatic rings. The lowest BCUT2D eigenvalue weighted by atomic mass is 10.1. The number of hydrogen-bond donors (Lipinski definition) is 2. The Bertz CT molecular complexity index is 937. The van der Waals surface area contributed by atoms with Gasteiger partial charge in [-0.25, -0.2) is 4.98 Å². The summed E-state index contributed by atoms with van der Waals surface area (Å²) < 4.78 is 7.16. The van der Waals surface area contributed by atoms with Crippen LogP contribution in [0.15, 0.2) is 53.5 Å². The largest absolute Gasteiger partial charge is 0.497 e. The molecule has 8 heteroatoms. The third-order valence-electron chi connectivity index (χ3n) is 4.27. The normalized spacial score (nSPS) is 11.6. The number of ether oxygens (including phenoxy) is 1. The highest BCUT2D eigenvalue weighted by atomic mass is 32.1. The average molecular weight is 398 g/mol. The molecule has 1 aromatic carbocycles. The number of methoxy groups -OCH3 is 1. The predicted molar refractivity (Wildman–Crippen MR) is 107 cm³/mol. The number of carbonyl (C=O) groups excluding carboxylic acids is 2. The molecule has 28 heavy (non-hydrogen) atoms. The fraction of sp³-hybridized carbons (Fsp3) is 0.250. The van der Waals surface area contributed by atoms with Crippen LogP contribution in [-0.4, -0.2) is 35.0 Å². The lowest BCUT2D eigenvalue weighted by molar-refractivity contribution is -0.121. The number of nitrogens with one attached hydrogen (secondary N) is 2. The summed E-state index contributed by atoms with van der Waals surface area (Å²) in [4.78, 5) is 28.9. The van der Waals surface area contributed by atoms with E-state index in [9.17, 15) is 9.59 Å². The van der Waals surface area contributed by atoms with Crippen LogP contribution in [0.3, 0.4) is 0 Å². The summed E-state index contributed by atoms with van der Waals surface area (Å²) in [5.41, 5.74) is 1.47. The van der Waals surface area contributed by atoms with Crippen molar-refractivity contribution in [3.63, 3.8) is 0 Å². The molecule has 0 aliphatic heterocycles. The van der Waals surface area contributed by atoms with Gasteiger partial charge >= 0.3 is 0 Å². The SMILES string of the molecule is COc1cccc(C(NC(=O)CCNC(=O)c2ccsc2)c2nccn2C)c1. The first-order chi connectivity index (χ1) is 13.6. The van der Waals surface area contributed by atoms with Crippen LogP contribution in [0.4, 0.5) is 0 Å². The standard InChI is InChI=1S/C20H22N4O3S/c1-24-10-9-21-19(24)18(14-4-3-5-16(12-14)27-2)23-17(25)6-8-22-20(26)15-7-11-28-13-15/h3-5,7,9-13,18H,6,8H2,1-2H3,(H,22,26)(H,23,25). The van der Waals surface area contributed by atoms with Crippen molar-refractivity contribution in [3.8, 4) is 5.75 Å². The lowest BCUT2D eigenvalue weighted by Gasteiger charge is -2.20. The Morgan fingerprint density at radius 3 is 2.86 bits per heavy atom. The van der Waals surface area contributed by atoms with Crippen LogP contribution >= 0.6 is 11.3 Å². The number of aromatic nitrogens is 2. The van der Waals surface area contributed by atoms with E-state index in [1.54, 1.807) is 24.8 Å².